The van der Waals surface area contributed by atoms with Gasteiger partial charge in [0.2, 0.25) is 0 Å². The monoisotopic (exact) mass is 380 g/mol. The van der Waals surface area contributed by atoms with E-state index in [-0.39, 0.29) is 24.0 Å². The van der Waals surface area contributed by atoms with Crippen molar-refractivity contribution in [3.05, 3.63) is 83.6 Å². The van der Waals surface area contributed by atoms with Crippen LogP contribution in [0.15, 0.2) is 60.9 Å². The molecule has 2 aromatic carbocycles. The maximum Gasteiger partial charge on any atom is 0.271 e. The summed E-state index contributed by atoms with van der Waals surface area (Å²) in [6.07, 6.45) is 3.53. The zero-order chi connectivity index (χ0) is 19.8. The number of carbonyl (C=O) groups is 1. The first-order valence-corrected chi connectivity index (χ1v) is 8.86. The van der Waals surface area contributed by atoms with Gasteiger partial charge in [0.25, 0.3) is 5.91 Å². The van der Waals surface area contributed by atoms with Crippen LogP contribution < -0.4 is 15.4 Å². The Kier molecular flexibility index (Phi) is 6.51. The van der Waals surface area contributed by atoms with Crippen LogP contribution >= 0.6 is 0 Å². The molecule has 144 valence electrons. The summed E-state index contributed by atoms with van der Waals surface area (Å²) in [5.41, 5.74) is 1.82. The van der Waals surface area contributed by atoms with Crippen molar-refractivity contribution in [1.29, 1.82) is 0 Å². The lowest BCUT2D eigenvalue weighted by Crippen LogP contribution is -2.26. The van der Waals surface area contributed by atoms with E-state index in [9.17, 15) is 9.18 Å². The lowest BCUT2D eigenvalue weighted by molar-refractivity contribution is 0.0949. The summed E-state index contributed by atoms with van der Waals surface area (Å²) in [5.74, 6) is 0.676. The second-order valence-corrected chi connectivity index (χ2v) is 6.09. The molecule has 0 aliphatic rings. The Hall–Kier alpha value is -3.48. The lowest BCUT2D eigenvalue weighted by Gasteiger charge is -2.08. The minimum absolute atomic E-state index is 0.224. The van der Waals surface area contributed by atoms with Crippen molar-refractivity contribution in [1.82, 2.24) is 15.3 Å². The van der Waals surface area contributed by atoms with Crippen molar-refractivity contribution in [3.8, 4) is 5.75 Å². The minimum atomic E-state index is -0.295. The van der Waals surface area contributed by atoms with Gasteiger partial charge in [0.1, 0.15) is 23.1 Å². The number of amides is 1. The average molecular weight is 380 g/mol. The highest BCUT2D eigenvalue weighted by atomic mass is 19.1. The number of halogens is 1. The largest absolute Gasteiger partial charge is 0.497 e. The molecular weight excluding hydrogens is 359 g/mol. The lowest BCUT2D eigenvalue weighted by atomic mass is 10.1. The quantitative estimate of drug-likeness (QED) is 0.628. The van der Waals surface area contributed by atoms with E-state index >= 15 is 0 Å². The van der Waals surface area contributed by atoms with Crippen molar-refractivity contribution in [2.24, 2.45) is 0 Å². The van der Waals surface area contributed by atoms with Crippen molar-refractivity contribution in [2.75, 3.05) is 19.0 Å². The molecule has 0 atom stereocenters. The molecule has 3 aromatic rings. The summed E-state index contributed by atoms with van der Waals surface area (Å²) >= 11 is 0. The first-order valence-electron chi connectivity index (χ1n) is 8.86. The Balaban J connectivity index is 1.48. The fourth-order valence-corrected chi connectivity index (χ4v) is 2.60. The van der Waals surface area contributed by atoms with Crippen LogP contribution in [-0.4, -0.2) is 29.5 Å². The maximum absolute atomic E-state index is 13.6. The molecule has 1 amide bonds. The third-order valence-electron chi connectivity index (χ3n) is 4.14. The number of nitrogens with zero attached hydrogens (tertiary/aromatic N) is 2. The summed E-state index contributed by atoms with van der Waals surface area (Å²) in [6.45, 7) is 0.758. The standard InChI is InChI=1S/C21H21FN4O2/c1-28-17-7-4-5-15(11-17)9-10-23-21(27)19-13-26-20(14-24-19)25-12-16-6-2-3-8-18(16)22/h2-8,11,13-14H,9-10,12H2,1H3,(H,23,27)(H,25,26). The zero-order valence-electron chi connectivity index (χ0n) is 15.5. The Morgan fingerprint density at radius 3 is 2.71 bits per heavy atom. The van der Waals surface area contributed by atoms with Crippen LogP contribution in [0.4, 0.5) is 10.2 Å². The van der Waals surface area contributed by atoms with Crippen LogP contribution in [0.5, 0.6) is 5.75 Å². The van der Waals surface area contributed by atoms with Crippen molar-refractivity contribution in [3.63, 3.8) is 0 Å². The summed E-state index contributed by atoms with van der Waals surface area (Å²) in [5, 5.41) is 5.80. The molecule has 0 aliphatic carbocycles. The van der Waals surface area contributed by atoms with Gasteiger partial charge < -0.3 is 15.4 Å². The third kappa shape index (κ3) is 5.26. The molecule has 0 saturated carbocycles. The zero-order valence-corrected chi connectivity index (χ0v) is 15.5. The van der Waals surface area contributed by atoms with E-state index in [4.69, 9.17) is 4.74 Å². The molecule has 2 N–H and O–H groups in total. The van der Waals surface area contributed by atoms with Crippen LogP contribution in [0.25, 0.3) is 0 Å². The first-order chi connectivity index (χ1) is 13.7. The molecule has 6 nitrogen and oxygen atoms in total. The van der Waals surface area contributed by atoms with Crippen LogP contribution in [0.3, 0.4) is 0 Å². The SMILES string of the molecule is COc1cccc(CCNC(=O)c2cnc(NCc3ccccc3F)cn2)c1. The Morgan fingerprint density at radius 1 is 1.11 bits per heavy atom. The molecule has 0 spiro atoms. The molecule has 7 heteroatoms. The van der Waals surface area contributed by atoms with E-state index in [1.54, 1.807) is 25.3 Å². The second-order valence-electron chi connectivity index (χ2n) is 6.09. The maximum atomic E-state index is 13.6. The van der Waals surface area contributed by atoms with E-state index in [0.29, 0.717) is 24.3 Å². The van der Waals surface area contributed by atoms with Gasteiger partial charge in [-0.15, -0.1) is 0 Å². The summed E-state index contributed by atoms with van der Waals surface area (Å²) in [7, 11) is 1.62. The smallest absolute Gasteiger partial charge is 0.271 e. The van der Waals surface area contributed by atoms with Gasteiger partial charge in [-0.3, -0.25) is 4.79 Å². The van der Waals surface area contributed by atoms with E-state index in [0.717, 1.165) is 11.3 Å². The number of aromatic nitrogens is 2. The van der Waals surface area contributed by atoms with E-state index < -0.39 is 0 Å². The topological polar surface area (TPSA) is 76.1 Å². The van der Waals surface area contributed by atoms with E-state index in [1.165, 1.54) is 18.5 Å². The number of ether oxygens (including phenoxy) is 1. The van der Waals surface area contributed by atoms with Gasteiger partial charge in [0, 0.05) is 18.7 Å². The second kappa shape index (κ2) is 9.45. The number of anilines is 1. The molecule has 0 aliphatic heterocycles. The van der Waals surface area contributed by atoms with E-state index in [1.807, 2.05) is 24.3 Å². The number of hydrogen-bond acceptors (Lipinski definition) is 5. The number of rotatable bonds is 8. The van der Waals surface area contributed by atoms with Gasteiger partial charge in [-0.1, -0.05) is 30.3 Å². The predicted molar refractivity (Wildman–Crippen MR) is 105 cm³/mol. The molecule has 0 unspecified atom stereocenters. The Labute approximate surface area is 162 Å². The first kappa shape index (κ1) is 19.3. The normalized spacial score (nSPS) is 10.4. The number of methoxy groups -OCH3 is 1. The fourth-order valence-electron chi connectivity index (χ4n) is 2.60. The molecule has 1 heterocycles. The summed E-state index contributed by atoms with van der Waals surface area (Å²) in [4.78, 5) is 20.5. The van der Waals surface area contributed by atoms with Gasteiger partial charge in [-0.2, -0.15) is 0 Å². The van der Waals surface area contributed by atoms with Crippen LogP contribution in [0, 0.1) is 5.82 Å². The summed E-state index contributed by atoms with van der Waals surface area (Å²) in [6, 6.07) is 14.2. The molecule has 0 bridgehead atoms. The van der Waals surface area contributed by atoms with Crippen LogP contribution in [-0.2, 0) is 13.0 Å². The Bertz CT molecular complexity index is 932. The summed E-state index contributed by atoms with van der Waals surface area (Å²) < 4.78 is 18.8. The van der Waals surface area contributed by atoms with Crippen molar-refractivity contribution < 1.29 is 13.9 Å². The van der Waals surface area contributed by atoms with Gasteiger partial charge in [0.05, 0.1) is 19.5 Å². The number of benzene rings is 2. The molecule has 0 radical (unpaired) electrons. The van der Waals surface area contributed by atoms with Gasteiger partial charge in [-0.05, 0) is 30.2 Å². The van der Waals surface area contributed by atoms with Crippen molar-refractivity contribution in [2.45, 2.75) is 13.0 Å². The number of hydrogen-bond donors (Lipinski definition) is 2. The highest BCUT2D eigenvalue weighted by Gasteiger charge is 2.08. The molecule has 3 rings (SSSR count). The van der Waals surface area contributed by atoms with Gasteiger partial charge >= 0.3 is 0 Å². The minimum Gasteiger partial charge on any atom is -0.497 e. The highest BCUT2D eigenvalue weighted by Crippen LogP contribution is 2.13. The highest BCUT2D eigenvalue weighted by molar-refractivity contribution is 5.91. The van der Waals surface area contributed by atoms with Gasteiger partial charge in [0.15, 0.2) is 0 Å². The van der Waals surface area contributed by atoms with Gasteiger partial charge in [-0.25, -0.2) is 14.4 Å². The predicted octanol–water partition coefficient (Wildman–Crippen LogP) is 3.21. The molecule has 28 heavy (non-hydrogen) atoms. The molecule has 0 fully saturated rings. The third-order valence-corrected chi connectivity index (χ3v) is 4.14. The molecule has 1 aromatic heterocycles. The van der Waals surface area contributed by atoms with Crippen LogP contribution in [0.1, 0.15) is 21.6 Å². The fraction of sp³-hybridized carbons (Fsp3) is 0.190. The Morgan fingerprint density at radius 2 is 1.96 bits per heavy atom. The van der Waals surface area contributed by atoms with Crippen LogP contribution in [0.2, 0.25) is 0 Å². The average Bonchev–Trinajstić information content (AvgIpc) is 2.73. The van der Waals surface area contributed by atoms with E-state index in [2.05, 4.69) is 20.6 Å². The molecule has 0 saturated heterocycles. The molecular formula is C21H21FN4O2. The van der Waals surface area contributed by atoms with Crippen molar-refractivity contribution >= 4 is 11.7 Å². The number of carbonyl (C=O) groups excluding carboxylic acids is 1. The number of nitrogens with one attached hydrogen (secondary N) is 2.